The Morgan fingerprint density at radius 1 is 1.42 bits per heavy atom. The second-order valence-electron chi connectivity index (χ2n) is 2.31. The topological polar surface area (TPSA) is 9.23 Å². The summed E-state index contributed by atoms with van der Waals surface area (Å²) in [4.78, 5) is 0. The first-order chi connectivity index (χ1) is 5.57. The molecule has 4 heteroatoms. The monoisotopic (exact) mass is 236 g/mol. The first kappa shape index (κ1) is 9.45. The predicted octanol–water partition coefficient (Wildman–Crippen LogP) is 3.04. The van der Waals surface area contributed by atoms with E-state index in [-0.39, 0.29) is 15.8 Å². The molecule has 0 bridgehead atoms. The lowest BCUT2D eigenvalue weighted by atomic mass is 10.2. The van der Waals surface area contributed by atoms with Crippen molar-refractivity contribution in [3.63, 3.8) is 0 Å². The van der Waals surface area contributed by atoms with E-state index in [1.54, 1.807) is 0 Å². The maximum atomic E-state index is 13.1. The van der Waals surface area contributed by atoms with Gasteiger partial charge in [-0.2, -0.15) is 0 Å². The van der Waals surface area contributed by atoms with Crippen molar-refractivity contribution in [1.29, 1.82) is 0 Å². The largest absolute Gasteiger partial charge is 0.492 e. The summed E-state index contributed by atoms with van der Waals surface area (Å²) in [6.07, 6.45) is 0. The van der Waals surface area contributed by atoms with Crippen molar-refractivity contribution in [3.8, 4) is 5.75 Å². The van der Waals surface area contributed by atoms with Crippen LogP contribution >= 0.6 is 15.9 Å². The van der Waals surface area contributed by atoms with Gasteiger partial charge in [-0.15, -0.1) is 0 Å². The van der Waals surface area contributed by atoms with Crippen molar-refractivity contribution in [2.75, 3.05) is 7.11 Å². The van der Waals surface area contributed by atoms with Crippen LogP contribution in [0.3, 0.4) is 0 Å². The Labute approximate surface area is 77.5 Å². The smallest absolute Gasteiger partial charge is 0.172 e. The lowest BCUT2D eigenvalue weighted by Gasteiger charge is -2.07. The highest BCUT2D eigenvalue weighted by Crippen LogP contribution is 2.31. The van der Waals surface area contributed by atoms with Crippen LogP contribution in [0.15, 0.2) is 10.5 Å². The zero-order chi connectivity index (χ0) is 9.30. The fourth-order valence-electron chi connectivity index (χ4n) is 0.852. The Bertz CT molecular complexity index is 312. The molecule has 0 unspecified atom stereocenters. The van der Waals surface area contributed by atoms with Gasteiger partial charge in [0.15, 0.2) is 11.6 Å². The molecule has 0 saturated heterocycles. The molecule has 0 fully saturated rings. The summed E-state index contributed by atoms with van der Waals surface area (Å²) in [6, 6.07) is 1.18. The van der Waals surface area contributed by atoms with Gasteiger partial charge in [-0.1, -0.05) is 0 Å². The van der Waals surface area contributed by atoms with Gasteiger partial charge in [0.1, 0.15) is 5.82 Å². The molecule has 0 atom stereocenters. The van der Waals surface area contributed by atoms with E-state index in [1.165, 1.54) is 20.1 Å². The fourth-order valence-corrected chi connectivity index (χ4v) is 1.39. The van der Waals surface area contributed by atoms with E-state index in [2.05, 4.69) is 15.9 Å². The number of ether oxygens (including phenoxy) is 1. The summed E-state index contributed by atoms with van der Waals surface area (Å²) in [6.45, 7) is 1.36. The second kappa shape index (κ2) is 3.39. The van der Waals surface area contributed by atoms with Crippen molar-refractivity contribution < 1.29 is 13.5 Å². The quantitative estimate of drug-likeness (QED) is 0.729. The minimum absolute atomic E-state index is 0.0324. The zero-order valence-electron chi connectivity index (χ0n) is 6.62. The van der Waals surface area contributed by atoms with Gasteiger partial charge < -0.3 is 4.74 Å². The Hall–Kier alpha value is -0.640. The molecule has 66 valence electrons. The molecular formula is C8H7BrF2O. The van der Waals surface area contributed by atoms with Crippen LogP contribution in [-0.2, 0) is 0 Å². The second-order valence-corrected chi connectivity index (χ2v) is 3.17. The Balaban J connectivity index is 3.40. The third-order valence-electron chi connectivity index (χ3n) is 1.56. The minimum Gasteiger partial charge on any atom is -0.492 e. The van der Waals surface area contributed by atoms with Gasteiger partial charge in [0.05, 0.1) is 11.6 Å². The number of benzene rings is 1. The van der Waals surface area contributed by atoms with Gasteiger partial charge in [0.25, 0.3) is 0 Å². The van der Waals surface area contributed by atoms with Crippen molar-refractivity contribution in [2.24, 2.45) is 0 Å². The number of hydrogen-bond acceptors (Lipinski definition) is 1. The van der Waals surface area contributed by atoms with Crippen LogP contribution in [0.4, 0.5) is 8.78 Å². The van der Waals surface area contributed by atoms with Crippen LogP contribution in [-0.4, -0.2) is 7.11 Å². The first-order valence-corrected chi connectivity index (χ1v) is 4.05. The third kappa shape index (κ3) is 1.43. The van der Waals surface area contributed by atoms with Crippen molar-refractivity contribution in [1.82, 2.24) is 0 Å². The molecule has 0 spiro atoms. The minimum atomic E-state index is -0.663. The maximum absolute atomic E-state index is 13.1. The first-order valence-electron chi connectivity index (χ1n) is 3.26. The molecule has 0 aliphatic carbocycles. The molecule has 0 aromatic heterocycles. The molecule has 1 aromatic rings. The highest BCUT2D eigenvalue weighted by atomic mass is 79.9. The van der Waals surface area contributed by atoms with E-state index in [4.69, 9.17) is 4.74 Å². The SMILES string of the molecule is COc1c(Br)cc(F)c(C)c1F. The van der Waals surface area contributed by atoms with Crippen molar-refractivity contribution in [2.45, 2.75) is 6.92 Å². The average Bonchev–Trinajstić information content (AvgIpc) is 2.01. The number of methoxy groups -OCH3 is 1. The number of rotatable bonds is 1. The van der Waals surface area contributed by atoms with Gasteiger partial charge in [0, 0.05) is 5.56 Å². The summed E-state index contributed by atoms with van der Waals surface area (Å²) in [5.41, 5.74) is -0.0324. The standard InChI is InChI=1S/C8H7BrF2O/c1-4-6(10)3-5(9)8(12-2)7(4)11/h3H,1-2H3. The Morgan fingerprint density at radius 2 is 2.00 bits per heavy atom. The van der Waals surface area contributed by atoms with Gasteiger partial charge in [0.2, 0.25) is 0 Å². The molecule has 1 rings (SSSR count). The summed E-state index contributed by atoms with van der Waals surface area (Å²) >= 11 is 2.99. The molecule has 0 saturated carbocycles. The molecule has 0 aliphatic rings. The number of halogens is 3. The summed E-state index contributed by atoms with van der Waals surface area (Å²) in [5, 5.41) is 0. The average molecular weight is 237 g/mol. The highest BCUT2D eigenvalue weighted by Gasteiger charge is 2.14. The van der Waals surface area contributed by atoms with Gasteiger partial charge >= 0.3 is 0 Å². The molecule has 12 heavy (non-hydrogen) atoms. The third-order valence-corrected chi connectivity index (χ3v) is 2.15. The van der Waals surface area contributed by atoms with Gasteiger partial charge in [-0.05, 0) is 28.9 Å². The van der Waals surface area contributed by atoms with Crippen LogP contribution < -0.4 is 4.74 Å². The molecule has 1 aromatic carbocycles. The van der Waals surface area contributed by atoms with E-state index >= 15 is 0 Å². The predicted molar refractivity (Wildman–Crippen MR) is 45.3 cm³/mol. The van der Waals surface area contributed by atoms with Gasteiger partial charge in [-0.25, -0.2) is 8.78 Å². The summed E-state index contributed by atoms with van der Waals surface area (Å²) < 4.78 is 31.0. The molecule has 0 heterocycles. The van der Waals surface area contributed by atoms with E-state index in [1.807, 2.05) is 0 Å². The molecule has 0 radical (unpaired) electrons. The molecule has 0 N–H and O–H groups in total. The van der Waals surface area contributed by atoms with E-state index in [9.17, 15) is 8.78 Å². The van der Waals surface area contributed by atoms with E-state index in [0.29, 0.717) is 0 Å². The van der Waals surface area contributed by atoms with Crippen LogP contribution in [0, 0.1) is 18.6 Å². The van der Waals surface area contributed by atoms with Crippen LogP contribution in [0.25, 0.3) is 0 Å². The van der Waals surface area contributed by atoms with Crippen LogP contribution in [0.2, 0.25) is 0 Å². The fraction of sp³-hybridized carbons (Fsp3) is 0.250. The summed E-state index contributed by atoms with van der Waals surface area (Å²) in [7, 11) is 1.33. The zero-order valence-corrected chi connectivity index (χ0v) is 8.21. The summed E-state index contributed by atoms with van der Waals surface area (Å²) in [5.74, 6) is -1.21. The number of hydrogen-bond donors (Lipinski definition) is 0. The van der Waals surface area contributed by atoms with E-state index < -0.39 is 11.6 Å². The lowest BCUT2D eigenvalue weighted by Crippen LogP contribution is -1.95. The van der Waals surface area contributed by atoms with Crippen molar-refractivity contribution in [3.05, 3.63) is 27.7 Å². The molecular weight excluding hydrogens is 230 g/mol. The van der Waals surface area contributed by atoms with Crippen LogP contribution in [0.1, 0.15) is 5.56 Å². The van der Waals surface area contributed by atoms with Gasteiger partial charge in [-0.3, -0.25) is 0 Å². The molecule has 1 nitrogen and oxygen atoms in total. The Kier molecular flexibility index (Phi) is 2.67. The molecule has 0 aliphatic heterocycles. The Morgan fingerprint density at radius 3 is 2.50 bits per heavy atom. The van der Waals surface area contributed by atoms with Crippen LogP contribution in [0.5, 0.6) is 5.75 Å². The lowest BCUT2D eigenvalue weighted by molar-refractivity contribution is 0.379. The van der Waals surface area contributed by atoms with Crippen molar-refractivity contribution >= 4 is 15.9 Å². The van der Waals surface area contributed by atoms with E-state index in [0.717, 1.165) is 0 Å². The molecule has 0 amide bonds. The normalized spacial score (nSPS) is 10.1. The highest BCUT2D eigenvalue weighted by molar-refractivity contribution is 9.10. The maximum Gasteiger partial charge on any atom is 0.172 e.